The zero-order valence-electron chi connectivity index (χ0n) is 15.6. The molecule has 0 N–H and O–H groups in total. The summed E-state index contributed by atoms with van der Waals surface area (Å²) in [5.41, 5.74) is 2.16. The molecule has 1 aromatic carbocycles. The predicted octanol–water partition coefficient (Wildman–Crippen LogP) is 2.91. The molecule has 0 radical (unpaired) electrons. The highest BCUT2D eigenvalue weighted by Crippen LogP contribution is 2.35. The van der Waals surface area contributed by atoms with Crippen molar-refractivity contribution < 1.29 is 18.8 Å². The Morgan fingerprint density at radius 1 is 1.28 bits per heavy atom. The minimum absolute atomic E-state index is 0.0235. The molecular weight excluding hydrogens is 316 g/mol. The number of nitrogens with zero attached hydrogens (tertiary/aromatic N) is 2. The van der Waals surface area contributed by atoms with Gasteiger partial charge in [-0.3, -0.25) is 4.79 Å². The minimum Gasteiger partial charge on any atom is -0.465 e. The van der Waals surface area contributed by atoms with E-state index in [2.05, 4.69) is 6.92 Å². The number of quaternary nitrogens is 1. The van der Waals surface area contributed by atoms with Crippen LogP contribution in [0.5, 0.6) is 0 Å². The number of ether oxygens (including phenoxy) is 1. The van der Waals surface area contributed by atoms with E-state index < -0.39 is 0 Å². The Morgan fingerprint density at radius 2 is 2.00 bits per heavy atom. The Bertz CT molecular complexity index is 665. The van der Waals surface area contributed by atoms with Crippen molar-refractivity contribution in [2.75, 3.05) is 38.2 Å². The Morgan fingerprint density at radius 3 is 2.64 bits per heavy atom. The molecule has 5 heteroatoms. The molecule has 25 heavy (non-hydrogen) atoms. The second kappa shape index (κ2) is 7.16. The van der Waals surface area contributed by atoms with Gasteiger partial charge in [0.05, 0.1) is 38.0 Å². The molecule has 2 aliphatic rings. The van der Waals surface area contributed by atoms with E-state index in [9.17, 15) is 9.59 Å². The molecule has 1 amide bonds. The molecule has 2 saturated heterocycles. The van der Waals surface area contributed by atoms with E-state index in [1.54, 1.807) is 6.07 Å². The fourth-order valence-corrected chi connectivity index (χ4v) is 4.68. The maximum atomic E-state index is 13.3. The van der Waals surface area contributed by atoms with Crippen molar-refractivity contribution in [3.8, 4) is 0 Å². The Hall–Kier alpha value is -1.88. The number of anilines is 1. The smallest absolute Gasteiger partial charge is 0.339 e. The number of amides is 1. The van der Waals surface area contributed by atoms with Crippen molar-refractivity contribution in [1.29, 1.82) is 0 Å². The number of para-hydroxylation sites is 1. The first-order valence-electron chi connectivity index (χ1n) is 9.39. The summed E-state index contributed by atoms with van der Waals surface area (Å²) >= 11 is 0. The summed E-state index contributed by atoms with van der Waals surface area (Å²) in [6.07, 6.45) is 4.54. The first kappa shape index (κ1) is 17.9. The number of hydrogen-bond acceptors (Lipinski definition) is 3. The van der Waals surface area contributed by atoms with E-state index in [-0.39, 0.29) is 17.9 Å². The van der Waals surface area contributed by atoms with Crippen molar-refractivity contribution in [2.45, 2.75) is 45.6 Å². The van der Waals surface area contributed by atoms with Gasteiger partial charge in [0.1, 0.15) is 0 Å². The zero-order chi connectivity index (χ0) is 18.0. The lowest BCUT2D eigenvalue weighted by atomic mass is 10.0. The summed E-state index contributed by atoms with van der Waals surface area (Å²) in [6.45, 7) is 8.03. The van der Waals surface area contributed by atoms with Crippen LogP contribution in [0.4, 0.5) is 5.69 Å². The summed E-state index contributed by atoms with van der Waals surface area (Å²) < 4.78 is 5.84. The van der Waals surface area contributed by atoms with Crippen molar-refractivity contribution in [3.05, 3.63) is 29.3 Å². The number of methoxy groups -OCH3 is 1. The van der Waals surface area contributed by atoms with Crippen molar-refractivity contribution in [1.82, 2.24) is 0 Å². The third-order valence-electron chi connectivity index (χ3n) is 6.09. The van der Waals surface area contributed by atoms with Crippen molar-refractivity contribution >= 4 is 17.6 Å². The van der Waals surface area contributed by atoms with Gasteiger partial charge in [0.15, 0.2) is 6.04 Å². The van der Waals surface area contributed by atoms with Crippen LogP contribution in [0.3, 0.4) is 0 Å². The van der Waals surface area contributed by atoms with Crippen LogP contribution < -0.4 is 4.90 Å². The van der Waals surface area contributed by atoms with E-state index in [1.807, 2.05) is 24.0 Å². The average Bonchev–Trinajstić information content (AvgIpc) is 3.03. The van der Waals surface area contributed by atoms with Gasteiger partial charge in [0.25, 0.3) is 5.91 Å². The van der Waals surface area contributed by atoms with E-state index in [0.717, 1.165) is 41.8 Å². The van der Waals surface area contributed by atoms with Crippen LogP contribution in [0.15, 0.2) is 18.2 Å². The standard InChI is InChI=1S/C20H29N2O3/c1-4-22(13-6-5-7-14-22)17-11-12-21(19(17)23)18-15(2)9-8-10-16(18)20(24)25-3/h8-10,17H,4-7,11-14H2,1-3H3/q+1. The molecular formula is C20H29N2O3+. The van der Waals surface area contributed by atoms with Crippen LogP contribution in [0.1, 0.15) is 48.5 Å². The largest absolute Gasteiger partial charge is 0.465 e. The van der Waals surface area contributed by atoms with E-state index >= 15 is 0 Å². The Kier molecular flexibility index (Phi) is 5.13. The molecule has 136 valence electrons. The fourth-order valence-electron chi connectivity index (χ4n) is 4.68. The Balaban J connectivity index is 1.94. The molecule has 5 nitrogen and oxygen atoms in total. The van der Waals surface area contributed by atoms with Crippen LogP contribution >= 0.6 is 0 Å². The molecule has 1 atom stereocenters. The predicted molar refractivity (Wildman–Crippen MR) is 97.7 cm³/mol. The third-order valence-corrected chi connectivity index (χ3v) is 6.09. The molecule has 0 saturated carbocycles. The summed E-state index contributed by atoms with van der Waals surface area (Å²) in [5, 5.41) is 0. The molecule has 0 spiro atoms. The molecule has 0 bridgehead atoms. The highest BCUT2D eigenvalue weighted by molar-refractivity contribution is 6.06. The number of likely N-dealkylation sites (N-methyl/N-ethyl adjacent to an activating group) is 1. The molecule has 0 aromatic heterocycles. The number of rotatable bonds is 4. The molecule has 1 unspecified atom stereocenters. The lowest BCUT2D eigenvalue weighted by Gasteiger charge is -2.44. The first-order chi connectivity index (χ1) is 12.0. The van der Waals surface area contributed by atoms with Gasteiger partial charge in [-0.05, 0) is 44.7 Å². The zero-order valence-corrected chi connectivity index (χ0v) is 15.6. The monoisotopic (exact) mass is 345 g/mol. The van der Waals surface area contributed by atoms with Gasteiger partial charge in [-0.15, -0.1) is 0 Å². The van der Waals surface area contributed by atoms with Gasteiger partial charge in [-0.1, -0.05) is 12.1 Å². The lowest BCUT2D eigenvalue weighted by molar-refractivity contribution is -0.944. The third kappa shape index (κ3) is 3.06. The quantitative estimate of drug-likeness (QED) is 0.623. The summed E-state index contributed by atoms with van der Waals surface area (Å²) in [4.78, 5) is 27.4. The number of hydrogen-bond donors (Lipinski definition) is 0. The minimum atomic E-state index is -0.382. The normalized spacial score (nSPS) is 22.9. The molecule has 2 fully saturated rings. The highest BCUT2D eigenvalue weighted by Gasteiger charge is 2.48. The number of benzene rings is 1. The van der Waals surface area contributed by atoms with Crippen molar-refractivity contribution in [2.24, 2.45) is 0 Å². The molecule has 3 rings (SSSR count). The number of aryl methyl sites for hydroxylation is 1. The second-order valence-electron chi connectivity index (χ2n) is 7.30. The number of esters is 1. The topological polar surface area (TPSA) is 46.6 Å². The van der Waals surface area contributed by atoms with Gasteiger partial charge in [-0.25, -0.2) is 4.79 Å². The Labute approximate surface area is 150 Å². The van der Waals surface area contributed by atoms with E-state index in [1.165, 1.54) is 26.4 Å². The van der Waals surface area contributed by atoms with Gasteiger partial charge in [0.2, 0.25) is 0 Å². The average molecular weight is 345 g/mol. The lowest BCUT2D eigenvalue weighted by Crippen LogP contribution is -2.60. The number of likely N-dealkylation sites (tertiary alicyclic amines) is 1. The molecule has 2 heterocycles. The number of carbonyl (C=O) groups is 2. The van der Waals surface area contributed by atoms with Gasteiger partial charge in [0, 0.05) is 13.0 Å². The SMILES string of the molecule is CC[N+]1(C2CCN(c3c(C)cccc3C(=O)OC)C2=O)CCCCC1. The van der Waals surface area contributed by atoms with Crippen molar-refractivity contribution in [3.63, 3.8) is 0 Å². The molecule has 0 aliphatic carbocycles. The summed E-state index contributed by atoms with van der Waals surface area (Å²) in [7, 11) is 1.38. The van der Waals surface area contributed by atoms with Crippen LogP contribution in [0, 0.1) is 6.92 Å². The number of carbonyl (C=O) groups excluding carboxylic acids is 2. The maximum absolute atomic E-state index is 13.3. The summed E-state index contributed by atoms with van der Waals surface area (Å²) in [5.74, 6) is -0.212. The highest BCUT2D eigenvalue weighted by atomic mass is 16.5. The summed E-state index contributed by atoms with van der Waals surface area (Å²) in [6, 6.07) is 5.57. The molecule has 2 aliphatic heterocycles. The molecule has 1 aromatic rings. The van der Waals surface area contributed by atoms with Crippen LogP contribution in [0.25, 0.3) is 0 Å². The number of piperidine rings is 1. The van der Waals surface area contributed by atoms with Crippen LogP contribution in [-0.4, -0.2) is 55.7 Å². The second-order valence-corrected chi connectivity index (χ2v) is 7.30. The van der Waals surface area contributed by atoms with Gasteiger partial charge < -0.3 is 14.1 Å². The van der Waals surface area contributed by atoms with E-state index in [0.29, 0.717) is 12.1 Å². The van der Waals surface area contributed by atoms with E-state index in [4.69, 9.17) is 4.74 Å². The van der Waals surface area contributed by atoms with Crippen LogP contribution in [-0.2, 0) is 9.53 Å². The van der Waals surface area contributed by atoms with Crippen LogP contribution in [0.2, 0.25) is 0 Å². The van der Waals surface area contributed by atoms with Gasteiger partial charge in [-0.2, -0.15) is 0 Å². The fraction of sp³-hybridized carbons (Fsp3) is 0.600. The maximum Gasteiger partial charge on any atom is 0.339 e. The van der Waals surface area contributed by atoms with Gasteiger partial charge >= 0.3 is 5.97 Å². The first-order valence-corrected chi connectivity index (χ1v) is 9.39.